The van der Waals surface area contributed by atoms with Crippen molar-refractivity contribution < 1.29 is 18.7 Å². The number of fused-ring (bicyclic) bond motifs is 1. The Morgan fingerprint density at radius 3 is 2.92 bits per heavy atom. The van der Waals surface area contributed by atoms with E-state index in [9.17, 15) is 14.0 Å². The molecule has 1 saturated heterocycles. The van der Waals surface area contributed by atoms with E-state index in [2.05, 4.69) is 17.6 Å². The van der Waals surface area contributed by atoms with Gasteiger partial charge in [0.2, 0.25) is 5.91 Å². The van der Waals surface area contributed by atoms with Crippen LogP contribution in [0.25, 0.3) is 0 Å². The molecule has 3 rings (SSSR count). The van der Waals surface area contributed by atoms with E-state index in [4.69, 9.17) is 4.74 Å². The zero-order valence-corrected chi connectivity index (χ0v) is 15.2. The fraction of sp³-hybridized carbons (Fsp3) is 0.600. The summed E-state index contributed by atoms with van der Waals surface area (Å²) in [7, 11) is 0. The second kappa shape index (κ2) is 8.52. The molecule has 0 bridgehead atoms. The molecule has 1 aromatic carbocycles. The topological polar surface area (TPSA) is 67.4 Å². The molecule has 26 heavy (non-hydrogen) atoms. The molecule has 1 aromatic rings. The first-order valence-corrected chi connectivity index (χ1v) is 9.53. The van der Waals surface area contributed by atoms with Gasteiger partial charge in [0, 0.05) is 18.5 Å². The number of hydrogen-bond acceptors (Lipinski definition) is 3. The fourth-order valence-electron chi connectivity index (χ4n) is 4.37. The fourth-order valence-corrected chi connectivity index (χ4v) is 4.37. The highest BCUT2D eigenvalue weighted by atomic mass is 19.1. The highest BCUT2D eigenvalue weighted by Crippen LogP contribution is 2.37. The van der Waals surface area contributed by atoms with Crippen molar-refractivity contribution in [2.24, 2.45) is 11.8 Å². The second-order valence-electron chi connectivity index (χ2n) is 7.39. The summed E-state index contributed by atoms with van der Waals surface area (Å²) in [5.41, 5.74) is 0. The SMILES string of the molecule is CCCC1CC(=O)NC2CC(NC(=O)COc3ccccc3F)CCC12. The largest absolute Gasteiger partial charge is 0.481 e. The molecule has 142 valence electrons. The van der Waals surface area contributed by atoms with Gasteiger partial charge in [-0.25, -0.2) is 4.39 Å². The van der Waals surface area contributed by atoms with Gasteiger partial charge < -0.3 is 15.4 Å². The molecule has 5 nitrogen and oxygen atoms in total. The monoisotopic (exact) mass is 362 g/mol. The van der Waals surface area contributed by atoms with Gasteiger partial charge in [0.05, 0.1) is 0 Å². The van der Waals surface area contributed by atoms with Crippen molar-refractivity contribution in [2.45, 2.75) is 57.5 Å². The Labute approximate surface area is 153 Å². The summed E-state index contributed by atoms with van der Waals surface area (Å²) in [6, 6.07) is 6.20. The predicted octanol–water partition coefficient (Wildman–Crippen LogP) is 2.79. The first-order chi connectivity index (χ1) is 12.6. The van der Waals surface area contributed by atoms with Crippen LogP contribution in [0.2, 0.25) is 0 Å². The highest BCUT2D eigenvalue weighted by Gasteiger charge is 2.40. The molecule has 1 aliphatic heterocycles. The molecule has 1 saturated carbocycles. The van der Waals surface area contributed by atoms with Gasteiger partial charge >= 0.3 is 0 Å². The first-order valence-electron chi connectivity index (χ1n) is 9.53. The summed E-state index contributed by atoms with van der Waals surface area (Å²) < 4.78 is 18.8. The summed E-state index contributed by atoms with van der Waals surface area (Å²) >= 11 is 0. The average molecular weight is 362 g/mol. The Morgan fingerprint density at radius 2 is 2.15 bits per heavy atom. The van der Waals surface area contributed by atoms with Crippen LogP contribution in [0.3, 0.4) is 0 Å². The molecule has 1 heterocycles. The Balaban J connectivity index is 1.50. The molecular formula is C20H27FN2O3. The third kappa shape index (κ3) is 4.54. The van der Waals surface area contributed by atoms with Crippen LogP contribution >= 0.6 is 0 Å². The maximum Gasteiger partial charge on any atom is 0.258 e. The lowest BCUT2D eigenvalue weighted by molar-refractivity contribution is -0.127. The van der Waals surface area contributed by atoms with Gasteiger partial charge in [-0.2, -0.15) is 0 Å². The predicted molar refractivity (Wildman–Crippen MR) is 96.1 cm³/mol. The van der Waals surface area contributed by atoms with Crippen molar-refractivity contribution >= 4 is 11.8 Å². The lowest BCUT2D eigenvalue weighted by Gasteiger charge is -2.44. The van der Waals surface area contributed by atoms with Gasteiger partial charge in [0.25, 0.3) is 5.91 Å². The summed E-state index contributed by atoms with van der Waals surface area (Å²) in [6.07, 6.45) is 5.47. The van der Waals surface area contributed by atoms with Crippen LogP contribution < -0.4 is 15.4 Å². The molecule has 2 fully saturated rings. The normalized spacial score (nSPS) is 28.0. The van der Waals surface area contributed by atoms with Crippen LogP contribution in [0, 0.1) is 17.7 Å². The van der Waals surface area contributed by atoms with E-state index < -0.39 is 5.82 Å². The Morgan fingerprint density at radius 1 is 1.35 bits per heavy atom. The van der Waals surface area contributed by atoms with Crippen LogP contribution in [0.4, 0.5) is 4.39 Å². The van der Waals surface area contributed by atoms with Gasteiger partial charge in [-0.05, 0) is 49.7 Å². The van der Waals surface area contributed by atoms with E-state index in [1.54, 1.807) is 12.1 Å². The molecular weight excluding hydrogens is 335 g/mol. The van der Waals surface area contributed by atoms with Gasteiger partial charge in [-0.3, -0.25) is 9.59 Å². The lowest BCUT2D eigenvalue weighted by atomic mass is 9.70. The molecule has 0 aromatic heterocycles. The number of nitrogens with one attached hydrogen (secondary N) is 2. The quantitative estimate of drug-likeness (QED) is 0.818. The molecule has 6 heteroatoms. The van der Waals surface area contributed by atoms with E-state index in [1.165, 1.54) is 12.1 Å². The molecule has 0 spiro atoms. The number of piperidine rings is 1. The van der Waals surface area contributed by atoms with Crippen molar-refractivity contribution in [1.29, 1.82) is 0 Å². The third-order valence-corrected chi connectivity index (χ3v) is 5.52. The maximum atomic E-state index is 13.5. The zero-order chi connectivity index (χ0) is 18.5. The van der Waals surface area contributed by atoms with Crippen molar-refractivity contribution in [2.75, 3.05) is 6.61 Å². The van der Waals surface area contributed by atoms with Gasteiger partial charge in [-0.15, -0.1) is 0 Å². The van der Waals surface area contributed by atoms with Crippen LogP contribution in [-0.4, -0.2) is 30.5 Å². The second-order valence-corrected chi connectivity index (χ2v) is 7.39. The molecule has 0 radical (unpaired) electrons. The number of ether oxygens (including phenoxy) is 1. The molecule has 2 N–H and O–H groups in total. The van der Waals surface area contributed by atoms with Crippen LogP contribution in [0.5, 0.6) is 5.75 Å². The van der Waals surface area contributed by atoms with E-state index >= 15 is 0 Å². The molecule has 2 amide bonds. The standard InChI is InChI=1S/C20H27FN2O3/c1-2-5-13-10-19(24)23-17-11-14(8-9-15(13)17)22-20(25)12-26-18-7-4-3-6-16(18)21/h3-4,6-7,13-15,17H,2,5,8-12H2,1H3,(H,22,25)(H,23,24). The smallest absolute Gasteiger partial charge is 0.258 e. The summed E-state index contributed by atoms with van der Waals surface area (Å²) in [5.74, 6) is 0.430. The number of halogens is 1. The van der Waals surface area contributed by atoms with Gasteiger partial charge in [0.15, 0.2) is 18.2 Å². The average Bonchev–Trinajstić information content (AvgIpc) is 2.61. The molecule has 1 aliphatic carbocycles. The Bertz CT molecular complexity index is 652. The Kier molecular flexibility index (Phi) is 6.12. The highest BCUT2D eigenvalue weighted by molar-refractivity contribution is 5.78. The number of carbonyl (C=O) groups excluding carboxylic acids is 2. The minimum Gasteiger partial charge on any atom is -0.481 e. The van der Waals surface area contributed by atoms with Gasteiger partial charge in [0.1, 0.15) is 0 Å². The minimum absolute atomic E-state index is 0.0219. The van der Waals surface area contributed by atoms with Crippen LogP contribution in [0.1, 0.15) is 45.4 Å². The zero-order valence-electron chi connectivity index (χ0n) is 15.2. The molecule has 4 unspecified atom stereocenters. The van der Waals surface area contributed by atoms with Crippen LogP contribution in [-0.2, 0) is 9.59 Å². The molecule has 2 aliphatic rings. The Hall–Kier alpha value is -2.11. The van der Waals surface area contributed by atoms with Crippen molar-refractivity contribution in [3.63, 3.8) is 0 Å². The number of rotatable bonds is 6. The number of carbonyl (C=O) groups is 2. The van der Waals surface area contributed by atoms with Crippen molar-refractivity contribution in [1.82, 2.24) is 10.6 Å². The summed E-state index contributed by atoms with van der Waals surface area (Å²) in [5, 5.41) is 6.07. The van der Waals surface area contributed by atoms with E-state index in [-0.39, 0.29) is 36.3 Å². The van der Waals surface area contributed by atoms with Crippen LogP contribution in [0.15, 0.2) is 24.3 Å². The maximum absolute atomic E-state index is 13.5. The number of para-hydroxylation sites is 1. The lowest BCUT2D eigenvalue weighted by Crippen LogP contribution is -2.55. The summed E-state index contributed by atoms with van der Waals surface area (Å²) in [6.45, 7) is 1.94. The van der Waals surface area contributed by atoms with E-state index in [0.29, 0.717) is 18.3 Å². The number of amides is 2. The summed E-state index contributed by atoms with van der Waals surface area (Å²) in [4.78, 5) is 24.1. The first kappa shape index (κ1) is 18.7. The third-order valence-electron chi connectivity index (χ3n) is 5.52. The van der Waals surface area contributed by atoms with Crippen molar-refractivity contribution in [3.05, 3.63) is 30.1 Å². The molecule has 4 atom stereocenters. The van der Waals surface area contributed by atoms with E-state index in [0.717, 1.165) is 32.1 Å². The number of hydrogen-bond donors (Lipinski definition) is 2. The van der Waals surface area contributed by atoms with E-state index in [1.807, 2.05) is 0 Å². The van der Waals surface area contributed by atoms with Crippen molar-refractivity contribution in [3.8, 4) is 5.75 Å². The minimum atomic E-state index is -0.479. The number of benzene rings is 1. The van der Waals surface area contributed by atoms with Gasteiger partial charge in [-0.1, -0.05) is 25.5 Å².